The van der Waals surface area contributed by atoms with Gasteiger partial charge in [-0.05, 0) is 56.4 Å². The van der Waals surface area contributed by atoms with E-state index in [4.69, 9.17) is 12.2 Å². The molecular weight excluding hydrogens is 386 g/mol. The molecule has 0 saturated heterocycles. The van der Waals surface area contributed by atoms with Crippen molar-refractivity contribution in [2.24, 2.45) is 0 Å². The molecule has 0 radical (unpaired) electrons. The van der Waals surface area contributed by atoms with Crippen molar-refractivity contribution in [2.75, 3.05) is 19.6 Å². The maximum Gasteiger partial charge on any atom is 0.262 e. The Bertz CT molecular complexity index is 1100. The van der Waals surface area contributed by atoms with Gasteiger partial charge in [0, 0.05) is 11.8 Å². The van der Waals surface area contributed by atoms with Crippen LogP contribution in [-0.2, 0) is 13.1 Å². The van der Waals surface area contributed by atoms with E-state index in [1.54, 1.807) is 29.0 Å². The first-order chi connectivity index (χ1) is 14.0. The summed E-state index contributed by atoms with van der Waals surface area (Å²) >= 11 is 5.40. The molecule has 152 valence electrons. The van der Waals surface area contributed by atoms with Gasteiger partial charge in [-0.25, -0.2) is 0 Å². The van der Waals surface area contributed by atoms with Crippen molar-refractivity contribution < 1.29 is 9.69 Å². The fraction of sp³-hybridized carbons (Fsp3) is 0.333. The zero-order valence-corrected chi connectivity index (χ0v) is 17.5. The highest BCUT2D eigenvalue weighted by molar-refractivity contribution is 7.71. The van der Waals surface area contributed by atoms with Gasteiger partial charge in [0.15, 0.2) is 4.77 Å². The number of aromatic amines is 1. The smallest absolute Gasteiger partial charge is 0.262 e. The summed E-state index contributed by atoms with van der Waals surface area (Å²) in [6.45, 7) is 8.01. The Morgan fingerprint density at radius 3 is 2.72 bits per heavy atom. The van der Waals surface area contributed by atoms with Gasteiger partial charge in [-0.1, -0.05) is 6.07 Å². The summed E-state index contributed by atoms with van der Waals surface area (Å²) in [7, 11) is 0. The number of quaternary nitrogens is 1. The number of benzene rings is 1. The maximum absolute atomic E-state index is 12.9. The lowest BCUT2D eigenvalue weighted by Gasteiger charge is -2.16. The molecule has 8 heteroatoms. The number of carbonyl (C=O) groups is 1. The Labute approximate surface area is 174 Å². The molecule has 0 unspecified atom stereocenters. The zero-order chi connectivity index (χ0) is 20.8. The SMILES string of the molecule is CC[NH+](CC)CCn1c(=S)[nH]c2cc(C(=O)NCc3ccccn3)ccc2c1=O. The van der Waals surface area contributed by atoms with Crippen LogP contribution in [0.15, 0.2) is 47.4 Å². The Balaban J connectivity index is 1.81. The molecule has 0 aliphatic heterocycles. The molecule has 3 N–H and O–H groups in total. The molecule has 0 saturated carbocycles. The summed E-state index contributed by atoms with van der Waals surface area (Å²) in [6.07, 6.45) is 1.68. The van der Waals surface area contributed by atoms with Crippen LogP contribution in [0, 0.1) is 4.77 Å². The highest BCUT2D eigenvalue weighted by Gasteiger charge is 2.12. The largest absolute Gasteiger partial charge is 0.346 e. The topological polar surface area (TPSA) is 84.2 Å². The number of likely N-dealkylation sites (N-methyl/N-ethyl adjacent to an activating group) is 1. The number of aromatic nitrogens is 3. The Morgan fingerprint density at radius 1 is 1.24 bits per heavy atom. The molecular formula is C21H26N5O2S+. The highest BCUT2D eigenvalue weighted by Crippen LogP contribution is 2.11. The van der Waals surface area contributed by atoms with E-state index < -0.39 is 0 Å². The number of hydrogen-bond acceptors (Lipinski definition) is 4. The van der Waals surface area contributed by atoms with Crippen molar-refractivity contribution in [2.45, 2.75) is 26.9 Å². The quantitative estimate of drug-likeness (QED) is 0.487. The van der Waals surface area contributed by atoms with Crippen molar-refractivity contribution in [3.8, 4) is 0 Å². The van der Waals surface area contributed by atoms with Gasteiger partial charge in [0.25, 0.3) is 11.5 Å². The van der Waals surface area contributed by atoms with Crippen LogP contribution in [0.2, 0.25) is 0 Å². The van der Waals surface area contributed by atoms with Gasteiger partial charge in [0.05, 0.1) is 49.3 Å². The summed E-state index contributed by atoms with van der Waals surface area (Å²) in [6, 6.07) is 10.6. The lowest BCUT2D eigenvalue weighted by Crippen LogP contribution is -3.11. The number of rotatable bonds is 8. The van der Waals surface area contributed by atoms with Crippen molar-refractivity contribution in [1.29, 1.82) is 0 Å². The van der Waals surface area contributed by atoms with E-state index in [2.05, 4.69) is 29.1 Å². The average molecular weight is 413 g/mol. The molecule has 0 aliphatic rings. The van der Waals surface area contributed by atoms with Gasteiger partial charge in [-0.15, -0.1) is 0 Å². The Hall–Kier alpha value is -2.84. The minimum absolute atomic E-state index is 0.129. The number of H-pyrrole nitrogens is 1. The van der Waals surface area contributed by atoms with E-state index in [9.17, 15) is 9.59 Å². The number of pyridine rings is 1. The second-order valence-corrected chi connectivity index (χ2v) is 7.24. The third-order valence-electron chi connectivity index (χ3n) is 5.09. The number of carbonyl (C=O) groups excluding carboxylic acids is 1. The van der Waals surface area contributed by atoms with E-state index >= 15 is 0 Å². The monoisotopic (exact) mass is 412 g/mol. The third kappa shape index (κ3) is 4.96. The molecule has 2 heterocycles. The normalized spacial score (nSPS) is 11.1. The number of nitrogens with zero attached hydrogens (tertiary/aromatic N) is 2. The van der Waals surface area contributed by atoms with Crippen molar-refractivity contribution in [3.05, 3.63) is 69.0 Å². The number of nitrogens with one attached hydrogen (secondary N) is 3. The van der Waals surface area contributed by atoms with Gasteiger partial charge < -0.3 is 15.2 Å². The number of amides is 1. The lowest BCUT2D eigenvalue weighted by molar-refractivity contribution is -0.897. The predicted octanol–water partition coefficient (Wildman–Crippen LogP) is 1.31. The fourth-order valence-corrected chi connectivity index (χ4v) is 3.53. The van der Waals surface area contributed by atoms with Gasteiger partial charge in [0.1, 0.15) is 0 Å². The molecule has 7 nitrogen and oxygen atoms in total. The van der Waals surface area contributed by atoms with E-state index in [1.165, 1.54) is 4.90 Å². The molecule has 29 heavy (non-hydrogen) atoms. The summed E-state index contributed by atoms with van der Waals surface area (Å²) in [4.78, 5) is 34.1. The Morgan fingerprint density at radius 2 is 2.03 bits per heavy atom. The van der Waals surface area contributed by atoms with Crippen LogP contribution < -0.4 is 15.8 Å². The van der Waals surface area contributed by atoms with Crippen LogP contribution in [0.25, 0.3) is 10.9 Å². The number of hydrogen-bond donors (Lipinski definition) is 3. The lowest BCUT2D eigenvalue weighted by atomic mass is 10.1. The fourth-order valence-electron chi connectivity index (χ4n) is 3.25. The molecule has 1 aromatic carbocycles. The van der Waals surface area contributed by atoms with E-state index in [-0.39, 0.29) is 11.5 Å². The molecule has 0 fully saturated rings. The molecule has 0 bridgehead atoms. The highest BCUT2D eigenvalue weighted by atomic mass is 32.1. The van der Waals surface area contributed by atoms with E-state index in [1.807, 2.05) is 18.2 Å². The second-order valence-electron chi connectivity index (χ2n) is 6.86. The first-order valence-corrected chi connectivity index (χ1v) is 10.2. The third-order valence-corrected chi connectivity index (χ3v) is 5.41. The van der Waals surface area contributed by atoms with Gasteiger partial charge in [0.2, 0.25) is 0 Å². The summed E-state index contributed by atoms with van der Waals surface area (Å²) in [5.74, 6) is -0.230. The second kappa shape index (κ2) is 9.58. The number of fused-ring (bicyclic) bond motifs is 1. The first-order valence-electron chi connectivity index (χ1n) is 9.82. The Kier molecular flexibility index (Phi) is 6.90. The predicted molar refractivity (Wildman–Crippen MR) is 116 cm³/mol. The molecule has 0 atom stereocenters. The zero-order valence-electron chi connectivity index (χ0n) is 16.7. The molecule has 1 amide bonds. The molecule has 2 aromatic heterocycles. The van der Waals surface area contributed by atoms with Crippen LogP contribution in [0.4, 0.5) is 0 Å². The van der Waals surface area contributed by atoms with Gasteiger partial charge >= 0.3 is 0 Å². The summed E-state index contributed by atoms with van der Waals surface area (Å²) < 4.78 is 1.98. The van der Waals surface area contributed by atoms with E-state index in [0.29, 0.717) is 34.3 Å². The van der Waals surface area contributed by atoms with Crippen molar-refractivity contribution >= 4 is 29.0 Å². The van der Waals surface area contributed by atoms with Crippen molar-refractivity contribution in [3.63, 3.8) is 0 Å². The van der Waals surface area contributed by atoms with Crippen LogP contribution >= 0.6 is 12.2 Å². The van der Waals surface area contributed by atoms with Gasteiger partial charge in [-0.3, -0.25) is 19.1 Å². The van der Waals surface area contributed by atoms with E-state index in [0.717, 1.165) is 25.3 Å². The molecule has 3 aromatic rings. The molecule has 0 aliphatic carbocycles. The van der Waals surface area contributed by atoms with Crippen LogP contribution in [-0.4, -0.2) is 40.1 Å². The van der Waals surface area contributed by atoms with Crippen LogP contribution in [0.1, 0.15) is 29.9 Å². The first kappa shape index (κ1) is 20.9. The van der Waals surface area contributed by atoms with Gasteiger partial charge in [-0.2, -0.15) is 0 Å². The molecule has 3 rings (SSSR count). The summed E-state index contributed by atoms with van der Waals surface area (Å²) in [5, 5.41) is 3.36. The summed E-state index contributed by atoms with van der Waals surface area (Å²) in [5.41, 5.74) is 1.68. The van der Waals surface area contributed by atoms with Crippen LogP contribution in [0.3, 0.4) is 0 Å². The minimum Gasteiger partial charge on any atom is -0.346 e. The molecule has 0 spiro atoms. The average Bonchev–Trinajstić information content (AvgIpc) is 2.75. The minimum atomic E-state index is -0.230. The maximum atomic E-state index is 12.9. The van der Waals surface area contributed by atoms with Crippen molar-refractivity contribution in [1.82, 2.24) is 19.9 Å². The standard InChI is InChI=1S/C21H25N5O2S/c1-3-25(4-2)11-12-26-20(28)17-9-8-15(13-18(17)24-21(26)29)19(27)23-14-16-7-5-6-10-22-16/h5-10,13H,3-4,11-12,14H2,1-2H3,(H,23,27)(H,24,29)/p+1. The van der Waals surface area contributed by atoms with Crippen LogP contribution in [0.5, 0.6) is 0 Å².